The number of rotatable bonds is 2. The lowest BCUT2D eigenvalue weighted by molar-refractivity contribution is 0.515. The van der Waals surface area contributed by atoms with Crippen LogP contribution in [-0.2, 0) is 13.1 Å². The van der Waals surface area contributed by atoms with E-state index in [-0.39, 0.29) is 0 Å². The summed E-state index contributed by atoms with van der Waals surface area (Å²) in [5, 5.41) is 4.49. The summed E-state index contributed by atoms with van der Waals surface area (Å²) in [5.41, 5.74) is 3.32. The molecule has 20 heavy (non-hydrogen) atoms. The SMILES string of the molecule is Cc1cc(N2CCn3nc(C)cc3C2)nc(N(C)C)n1. The summed E-state index contributed by atoms with van der Waals surface area (Å²) < 4.78 is 2.09. The van der Waals surface area contributed by atoms with E-state index in [9.17, 15) is 0 Å². The van der Waals surface area contributed by atoms with Crippen LogP contribution in [0.15, 0.2) is 12.1 Å². The molecule has 106 valence electrons. The van der Waals surface area contributed by atoms with Crippen LogP contribution in [0.3, 0.4) is 0 Å². The van der Waals surface area contributed by atoms with Gasteiger partial charge in [-0.2, -0.15) is 10.1 Å². The molecule has 6 nitrogen and oxygen atoms in total. The summed E-state index contributed by atoms with van der Waals surface area (Å²) in [6.45, 7) is 6.73. The molecular formula is C14H20N6. The smallest absolute Gasteiger partial charge is 0.226 e. The molecule has 0 radical (unpaired) electrons. The molecule has 0 amide bonds. The zero-order valence-electron chi connectivity index (χ0n) is 12.5. The maximum atomic E-state index is 4.65. The quantitative estimate of drug-likeness (QED) is 0.826. The molecule has 1 aliphatic heterocycles. The lowest BCUT2D eigenvalue weighted by Gasteiger charge is -2.29. The normalized spacial score (nSPS) is 14.3. The Morgan fingerprint density at radius 3 is 2.60 bits per heavy atom. The summed E-state index contributed by atoms with van der Waals surface area (Å²) in [4.78, 5) is 13.3. The van der Waals surface area contributed by atoms with Gasteiger partial charge in [0.05, 0.1) is 24.5 Å². The fourth-order valence-corrected chi connectivity index (χ4v) is 2.50. The van der Waals surface area contributed by atoms with Gasteiger partial charge in [-0.05, 0) is 19.9 Å². The topological polar surface area (TPSA) is 50.1 Å². The van der Waals surface area contributed by atoms with Crippen LogP contribution in [0.25, 0.3) is 0 Å². The van der Waals surface area contributed by atoms with E-state index < -0.39 is 0 Å². The molecule has 1 aliphatic rings. The van der Waals surface area contributed by atoms with E-state index >= 15 is 0 Å². The van der Waals surface area contributed by atoms with Gasteiger partial charge in [-0.3, -0.25) is 4.68 Å². The molecule has 3 rings (SSSR count). The zero-order valence-corrected chi connectivity index (χ0v) is 12.5. The van der Waals surface area contributed by atoms with E-state index in [0.29, 0.717) is 0 Å². The third kappa shape index (κ3) is 2.33. The summed E-state index contributed by atoms with van der Waals surface area (Å²) in [7, 11) is 3.93. The van der Waals surface area contributed by atoms with Crippen molar-refractivity contribution in [3.05, 3.63) is 29.2 Å². The van der Waals surface area contributed by atoms with Crippen LogP contribution in [0.4, 0.5) is 11.8 Å². The molecule has 0 saturated heterocycles. The highest BCUT2D eigenvalue weighted by Gasteiger charge is 2.19. The summed E-state index contributed by atoms with van der Waals surface area (Å²) in [6.07, 6.45) is 0. The van der Waals surface area contributed by atoms with Crippen molar-refractivity contribution in [3.8, 4) is 0 Å². The second kappa shape index (κ2) is 4.77. The summed E-state index contributed by atoms with van der Waals surface area (Å²) >= 11 is 0. The van der Waals surface area contributed by atoms with E-state index in [1.165, 1.54) is 5.69 Å². The van der Waals surface area contributed by atoms with Gasteiger partial charge in [0.25, 0.3) is 0 Å². The molecule has 0 aliphatic carbocycles. The minimum Gasteiger partial charge on any atom is -0.349 e. The van der Waals surface area contributed by atoms with Gasteiger partial charge in [-0.15, -0.1) is 0 Å². The standard InChI is InChI=1S/C14H20N6/c1-10-8-13(16-14(15-10)18(3)4)19-5-6-20-12(9-19)7-11(2)17-20/h7-8H,5-6,9H2,1-4H3. The second-order valence-corrected chi connectivity index (χ2v) is 5.48. The third-order valence-electron chi connectivity index (χ3n) is 3.47. The van der Waals surface area contributed by atoms with Gasteiger partial charge >= 0.3 is 0 Å². The van der Waals surface area contributed by atoms with Crippen LogP contribution >= 0.6 is 0 Å². The maximum Gasteiger partial charge on any atom is 0.226 e. The van der Waals surface area contributed by atoms with Gasteiger partial charge in [0.1, 0.15) is 5.82 Å². The summed E-state index contributed by atoms with van der Waals surface area (Å²) in [6, 6.07) is 4.19. The lowest BCUT2D eigenvalue weighted by Crippen LogP contribution is -2.34. The minimum absolute atomic E-state index is 0.760. The van der Waals surface area contributed by atoms with Gasteiger partial charge in [0.15, 0.2) is 0 Å². The van der Waals surface area contributed by atoms with Gasteiger partial charge in [0.2, 0.25) is 5.95 Å². The van der Waals surface area contributed by atoms with Gasteiger partial charge in [-0.25, -0.2) is 4.98 Å². The molecule has 0 saturated carbocycles. The number of fused-ring (bicyclic) bond motifs is 1. The van der Waals surface area contributed by atoms with E-state index in [2.05, 4.69) is 30.7 Å². The predicted octanol–water partition coefficient (Wildman–Crippen LogP) is 1.38. The first kappa shape index (κ1) is 12.9. The molecule has 0 unspecified atom stereocenters. The monoisotopic (exact) mass is 272 g/mol. The van der Waals surface area contributed by atoms with Crippen LogP contribution in [-0.4, -0.2) is 40.4 Å². The highest BCUT2D eigenvalue weighted by atomic mass is 15.4. The maximum absolute atomic E-state index is 4.65. The number of nitrogens with zero attached hydrogens (tertiary/aromatic N) is 6. The fraction of sp³-hybridized carbons (Fsp3) is 0.500. The average molecular weight is 272 g/mol. The predicted molar refractivity (Wildman–Crippen MR) is 79.1 cm³/mol. The van der Waals surface area contributed by atoms with Crippen molar-refractivity contribution in [2.75, 3.05) is 30.4 Å². The molecule has 0 N–H and O–H groups in total. The molecule has 6 heteroatoms. The van der Waals surface area contributed by atoms with Crippen molar-refractivity contribution in [1.82, 2.24) is 19.7 Å². The van der Waals surface area contributed by atoms with E-state index in [4.69, 9.17) is 0 Å². The minimum atomic E-state index is 0.760. The van der Waals surface area contributed by atoms with Crippen molar-refractivity contribution >= 4 is 11.8 Å². The number of hydrogen-bond donors (Lipinski definition) is 0. The molecule has 0 atom stereocenters. The molecule has 0 spiro atoms. The first-order valence-corrected chi connectivity index (χ1v) is 6.84. The Kier molecular flexibility index (Phi) is 3.08. The van der Waals surface area contributed by atoms with Crippen molar-refractivity contribution in [1.29, 1.82) is 0 Å². The second-order valence-electron chi connectivity index (χ2n) is 5.48. The number of aromatic nitrogens is 4. The number of hydrogen-bond acceptors (Lipinski definition) is 5. The van der Waals surface area contributed by atoms with E-state index in [1.54, 1.807) is 0 Å². The average Bonchev–Trinajstić information content (AvgIpc) is 2.76. The van der Waals surface area contributed by atoms with Crippen molar-refractivity contribution < 1.29 is 0 Å². The largest absolute Gasteiger partial charge is 0.349 e. The Morgan fingerprint density at radius 2 is 1.85 bits per heavy atom. The molecule has 2 aromatic heterocycles. The van der Waals surface area contributed by atoms with E-state index in [1.807, 2.05) is 38.9 Å². The van der Waals surface area contributed by atoms with Crippen LogP contribution in [0.1, 0.15) is 17.1 Å². The van der Waals surface area contributed by atoms with Gasteiger partial charge in [0, 0.05) is 32.4 Å². The van der Waals surface area contributed by atoms with E-state index in [0.717, 1.165) is 42.8 Å². The number of anilines is 2. The lowest BCUT2D eigenvalue weighted by atomic mass is 10.2. The van der Waals surface area contributed by atoms with Crippen LogP contribution < -0.4 is 9.80 Å². The van der Waals surface area contributed by atoms with Crippen LogP contribution in [0, 0.1) is 13.8 Å². The molecular weight excluding hydrogens is 252 g/mol. The Labute approximate surface area is 119 Å². The molecule has 0 aromatic carbocycles. The van der Waals surface area contributed by atoms with Crippen molar-refractivity contribution in [2.24, 2.45) is 0 Å². The molecule has 0 bridgehead atoms. The highest BCUT2D eigenvalue weighted by molar-refractivity contribution is 5.46. The first-order valence-electron chi connectivity index (χ1n) is 6.84. The molecule has 3 heterocycles. The Balaban J connectivity index is 1.91. The van der Waals surface area contributed by atoms with Crippen molar-refractivity contribution in [2.45, 2.75) is 26.9 Å². The molecule has 0 fully saturated rings. The van der Waals surface area contributed by atoms with Crippen molar-refractivity contribution in [3.63, 3.8) is 0 Å². The Morgan fingerprint density at radius 1 is 1.05 bits per heavy atom. The van der Waals surface area contributed by atoms with Gasteiger partial charge < -0.3 is 9.80 Å². The van der Waals surface area contributed by atoms with Crippen LogP contribution in [0.2, 0.25) is 0 Å². The van der Waals surface area contributed by atoms with Crippen LogP contribution in [0.5, 0.6) is 0 Å². The first-order chi connectivity index (χ1) is 9.52. The molecule has 2 aromatic rings. The Hall–Kier alpha value is -2.11. The Bertz CT molecular complexity index is 631. The number of aryl methyl sites for hydroxylation is 2. The zero-order chi connectivity index (χ0) is 14.3. The highest BCUT2D eigenvalue weighted by Crippen LogP contribution is 2.21. The third-order valence-corrected chi connectivity index (χ3v) is 3.47. The fourth-order valence-electron chi connectivity index (χ4n) is 2.50. The summed E-state index contributed by atoms with van der Waals surface area (Å²) in [5.74, 6) is 1.75. The van der Waals surface area contributed by atoms with Gasteiger partial charge in [-0.1, -0.05) is 0 Å².